The summed E-state index contributed by atoms with van der Waals surface area (Å²) in [5, 5.41) is 0.622. The highest BCUT2D eigenvalue weighted by atomic mass is 32.2. The van der Waals surface area contributed by atoms with Gasteiger partial charge in [-0.3, -0.25) is 4.21 Å². The van der Waals surface area contributed by atoms with Crippen LogP contribution in [0, 0.1) is 0 Å². The van der Waals surface area contributed by atoms with E-state index in [1.165, 1.54) is 10.2 Å². The summed E-state index contributed by atoms with van der Waals surface area (Å²) >= 11 is 0. The molecule has 3 rings (SSSR count). The Morgan fingerprint density at radius 3 is 2.33 bits per heavy atom. The minimum Gasteiger partial charge on any atom is -0.497 e. The molecule has 2 aromatic carbocycles. The smallest absolute Gasteiger partial charge is 0.268 e. The van der Waals surface area contributed by atoms with Crippen LogP contribution in [0.1, 0.15) is 32.3 Å². The first-order valence-corrected chi connectivity index (χ1v) is 11.5. The van der Waals surface area contributed by atoms with Gasteiger partial charge in [0.25, 0.3) is 10.0 Å². The Kier molecular flexibility index (Phi) is 5.44. The SMILES string of the molecule is CCS(=O)c1cn(S(=O)(=O)c2ccc(C(C)C)cc2)c2ccc(OC)cc12. The van der Waals surface area contributed by atoms with E-state index in [0.29, 0.717) is 33.2 Å². The molecule has 0 amide bonds. The van der Waals surface area contributed by atoms with Gasteiger partial charge in [0, 0.05) is 17.3 Å². The summed E-state index contributed by atoms with van der Waals surface area (Å²) in [7, 11) is -3.56. The van der Waals surface area contributed by atoms with Gasteiger partial charge in [0.05, 0.1) is 33.2 Å². The molecule has 0 saturated heterocycles. The van der Waals surface area contributed by atoms with Crippen molar-refractivity contribution in [1.82, 2.24) is 3.97 Å². The molecule has 0 aliphatic rings. The Hall–Kier alpha value is -2.12. The Balaban J connectivity index is 2.22. The lowest BCUT2D eigenvalue weighted by molar-refractivity contribution is 0.415. The van der Waals surface area contributed by atoms with E-state index in [2.05, 4.69) is 13.8 Å². The molecule has 1 heterocycles. The molecule has 0 aliphatic carbocycles. The van der Waals surface area contributed by atoms with Crippen LogP contribution in [-0.2, 0) is 20.8 Å². The monoisotopic (exact) mass is 405 g/mol. The molecule has 1 atom stereocenters. The number of benzene rings is 2. The lowest BCUT2D eigenvalue weighted by Gasteiger charge is -2.10. The Morgan fingerprint density at radius 2 is 1.78 bits per heavy atom. The van der Waals surface area contributed by atoms with Gasteiger partial charge in [0.1, 0.15) is 5.75 Å². The number of aromatic nitrogens is 1. The van der Waals surface area contributed by atoms with Crippen molar-refractivity contribution in [2.75, 3.05) is 12.9 Å². The molecule has 27 heavy (non-hydrogen) atoms. The fourth-order valence-electron chi connectivity index (χ4n) is 2.95. The molecular weight excluding hydrogens is 382 g/mol. The average molecular weight is 406 g/mol. The number of methoxy groups -OCH3 is 1. The minimum atomic E-state index is -3.81. The topological polar surface area (TPSA) is 65.4 Å². The van der Waals surface area contributed by atoms with Gasteiger partial charge in [-0.15, -0.1) is 0 Å². The minimum absolute atomic E-state index is 0.202. The van der Waals surface area contributed by atoms with Crippen LogP contribution in [0.3, 0.4) is 0 Å². The molecule has 0 aliphatic heterocycles. The third kappa shape index (κ3) is 3.53. The van der Waals surface area contributed by atoms with E-state index >= 15 is 0 Å². The van der Waals surface area contributed by atoms with E-state index in [9.17, 15) is 12.6 Å². The summed E-state index contributed by atoms with van der Waals surface area (Å²) in [4.78, 5) is 0.697. The first kappa shape index (κ1) is 19.6. The standard InChI is InChI=1S/C20H23NO4S2/c1-5-26(22)20-13-21(19-11-8-16(25-4)12-18(19)20)27(23,24)17-9-6-15(7-10-17)14(2)3/h6-14H,5H2,1-4H3. The van der Waals surface area contributed by atoms with Crippen LogP contribution >= 0.6 is 0 Å². The second-order valence-corrected chi connectivity index (χ2v) is 10.1. The van der Waals surface area contributed by atoms with Crippen molar-refractivity contribution in [3.05, 3.63) is 54.2 Å². The molecule has 0 saturated carbocycles. The third-order valence-corrected chi connectivity index (χ3v) is 7.58. The van der Waals surface area contributed by atoms with E-state index in [4.69, 9.17) is 4.74 Å². The zero-order chi connectivity index (χ0) is 19.8. The second kappa shape index (κ2) is 7.48. The van der Waals surface area contributed by atoms with Gasteiger partial charge in [0.2, 0.25) is 0 Å². The fourth-order valence-corrected chi connectivity index (χ4v) is 5.33. The molecule has 7 heteroatoms. The largest absolute Gasteiger partial charge is 0.497 e. The van der Waals surface area contributed by atoms with Crippen LogP contribution < -0.4 is 4.74 Å². The maximum Gasteiger partial charge on any atom is 0.268 e. The second-order valence-electron chi connectivity index (χ2n) is 6.54. The van der Waals surface area contributed by atoms with Crippen molar-refractivity contribution in [1.29, 1.82) is 0 Å². The van der Waals surface area contributed by atoms with Crippen molar-refractivity contribution in [3.8, 4) is 5.75 Å². The summed E-state index contributed by atoms with van der Waals surface area (Å²) in [6, 6.07) is 12.0. The van der Waals surface area contributed by atoms with E-state index < -0.39 is 20.8 Å². The summed E-state index contributed by atoms with van der Waals surface area (Å²) in [5.74, 6) is 1.31. The highest BCUT2D eigenvalue weighted by molar-refractivity contribution is 7.90. The highest BCUT2D eigenvalue weighted by Crippen LogP contribution is 2.31. The van der Waals surface area contributed by atoms with E-state index in [1.54, 1.807) is 44.4 Å². The van der Waals surface area contributed by atoms with Gasteiger partial charge in [0.15, 0.2) is 0 Å². The molecule has 0 radical (unpaired) electrons. The van der Waals surface area contributed by atoms with Gasteiger partial charge >= 0.3 is 0 Å². The molecule has 0 fully saturated rings. The lowest BCUT2D eigenvalue weighted by Crippen LogP contribution is -2.12. The Morgan fingerprint density at radius 1 is 1.11 bits per heavy atom. The number of hydrogen-bond donors (Lipinski definition) is 0. The summed E-state index contributed by atoms with van der Waals surface area (Å²) in [6.07, 6.45) is 1.47. The molecule has 1 aromatic heterocycles. The highest BCUT2D eigenvalue weighted by Gasteiger charge is 2.23. The quantitative estimate of drug-likeness (QED) is 0.618. The van der Waals surface area contributed by atoms with Gasteiger partial charge in [-0.05, 0) is 41.8 Å². The predicted octanol–water partition coefficient (Wildman–Crippen LogP) is 4.14. The van der Waals surface area contributed by atoms with Gasteiger partial charge in [-0.2, -0.15) is 0 Å². The first-order valence-electron chi connectivity index (χ1n) is 8.72. The molecule has 0 N–H and O–H groups in total. The van der Waals surface area contributed by atoms with Gasteiger partial charge in [-0.25, -0.2) is 12.4 Å². The van der Waals surface area contributed by atoms with Crippen LogP contribution in [0.25, 0.3) is 10.9 Å². The molecule has 1 unspecified atom stereocenters. The van der Waals surface area contributed by atoms with Crippen molar-refractivity contribution < 1.29 is 17.4 Å². The normalized spacial score (nSPS) is 13.2. The number of nitrogens with zero attached hydrogens (tertiary/aromatic N) is 1. The number of rotatable bonds is 6. The fraction of sp³-hybridized carbons (Fsp3) is 0.300. The summed E-state index contributed by atoms with van der Waals surface area (Å²) in [5.41, 5.74) is 1.56. The number of hydrogen-bond acceptors (Lipinski definition) is 4. The summed E-state index contributed by atoms with van der Waals surface area (Å²) in [6.45, 7) is 5.92. The predicted molar refractivity (Wildman–Crippen MR) is 109 cm³/mol. The van der Waals surface area contributed by atoms with Crippen molar-refractivity contribution in [3.63, 3.8) is 0 Å². The zero-order valence-electron chi connectivity index (χ0n) is 15.8. The molecule has 3 aromatic rings. The van der Waals surface area contributed by atoms with Crippen LogP contribution in [0.5, 0.6) is 5.75 Å². The van der Waals surface area contributed by atoms with E-state index in [0.717, 1.165) is 5.56 Å². The maximum atomic E-state index is 13.2. The first-order chi connectivity index (χ1) is 12.8. The molecule has 0 spiro atoms. The molecule has 0 bridgehead atoms. The van der Waals surface area contributed by atoms with Gasteiger partial charge < -0.3 is 4.74 Å². The third-order valence-electron chi connectivity index (χ3n) is 4.55. The average Bonchev–Trinajstić information content (AvgIpc) is 3.06. The van der Waals surface area contributed by atoms with Crippen molar-refractivity contribution in [2.45, 2.75) is 36.5 Å². The Labute approximate surface area is 162 Å². The molecular formula is C20H23NO4S2. The van der Waals surface area contributed by atoms with Crippen LogP contribution in [-0.4, -0.2) is 29.5 Å². The molecule has 5 nitrogen and oxygen atoms in total. The number of fused-ring (bicyclic) bond motifs is 1. The lowest BCUT2D eigenvalue weighted by atomic mass is 10.0. The van der Waals surface area contributed by atoms with Crippen molar-refractivity contribution >= 4 is 31.7 Å². The van der Waals surface area contributed by atoms with Gasteiger partial charge in [-0.1, -0.05) is 32.9 Å². The van der Waals surface area contributed by atoms with E-state index in [-0.39, 0.29) is 4.90 Å². The molecule has 144 valence electrons. The van der Waals surface area contributed by atoms with Crippen LogP contribution in [0.15, 0.2) is 58.5 Å². The maximum absolute atomic E-state index is 13.2. The van der Waals surface area contributed by atoms with Crippen LogP contribution in [0.4, 0.5) is 0 Å². The van der Waals surface area contributed by atoms with Crippen molar-refractivity contribution in [2.24, 2.45) is 0 Å². The van der Waals surface area contributed by atoms with Crippen LogP contribution in [0.2, 0.25) is 0 Å². The Bertz CT molecular complexity index is 1100. The zero-order valence-corrected chi connectivity index (χ0v) is 17.4. The number of ether oxygens (including phenoxy) is 1. The summed E-state index contributed by atoms with van der Waals surface area (Å²) < 4.78 is 45.4. The van der Waals surface area contributed by atoms with E-state index in [1.807, 2.05) is 12.1 Å².